The van der Waals surface area contributed by atoms with Crippen molar-refractivity contribution < 1.29 is 32.2 Å². The van der Waals surface area contributed by atoms with Crippen molar-refractivity contribution in [2.45, 2.75) is 6.18 Å². The first kappa shape index (κ1) is 24.6. The van der Waals surface area contributed by atoms with Gasteiger partial charge in [0.05, 0.1) is 17.7 Å². The molecule has 0 saturated carbocycles. The standard InChI is InChI=1S/C22H18ClF3N4O4/c1-27-20(31)18-19(33-2)17(9-10-28-18)34-14-6-3-12(4-7-14)29-21(32)30-13-5-8-15(16(23)11-13)22(24,25)26/h3-11H,1-2H3,(H,27,31)(H2,29,30,32). The highest BCUT2D eigenvalue weighted by molar-refractivity contribution is 6.31. The molecule has 0 aliphatic heterocycles. The van der Waals surface area contributed by atoms with Gasteiger partial charge < -0.3 is 25.4 Å². The fourth-order valence-corrected chi connectivity index (χ4v) is 3.13. The summed E-state index contributed by atoms with van der Waals surface area (Å²) in [4.78, 5) is 28.1. The molecule has 3 amide bonds. The minimum atomic E-state index is -4.59. The first-order valence-corrected chi connectivity index (χ1v) is 9.98. The van der Waals surface area contributed by atoms with Gasteiger partial charge in [-0.15, -0.1) is 0 Å². The van der Waals surface area contributed by atoms with Gasteiger partial charge in [-0.05, 0) is 42.5 Å². The summed E-state index contributed by atoms with van der Waals surface area (Å²) in [5, 5.41) is 6.88. The Morgan fingerprint density at radius 1 is 1.00 bits per heavy atom. The summed E-state index contributed by atoms with van der Waals surface area (Å²) >= 11 is 5.66. The zero-order valence-corrected chi connectivity index (χ0v) is 18.5. The van der Waals surface area contributed by atoms with Crippen molar-refractivity contribution in [3.05, 3.63) is 71.0 Å². The second kappa shape index (κ2) is 10.3. The van der Waals surface area contributed by atoms with Crippen molar-refractivity contribution in [3.8, 4) is 17.2 Å². The SMILES string of the molecule is CNC(=O)c1nccc(Oc2ccc(NC(=O)Nc3ccc(C(F)(F)F)c(Cl)c3)cc2)c1OC. The third-order valence-electron chi connectivity index (χ3n) is 4.39. The van der Waals surface area contributed by atoms with Gasteiger partial charge in [0.2, 0.25) is 0 Å². The number of hydrogen-bond acceptors (Lipinski definition) is 5. The Labute approximate surface area is 197 Å². The Hall–Kier alpha value is -3.99. The van der Waals surface area contributed by atoms with Crippen molar-refractivity contribution >= 4 is 34.9 Å². The molecule has 2 aromatic carbocycles. The Kier molecular flexibility index (Phi) is 7.47. The van der Waals surface area contributed by atoms with E-state index >= 15 is 0 Å². The van der Waals surface area contributed by atoms with Gasteiger partial charge in [0.1, 0.15) is 5.75 Å². The molecule has 3 rings (SSSR count). The maximum atomic E-state index is 12.8. The molecule has 0 spiro atoms. The number of pyridine rings is 1. The Morgan fingerprint density at radius 3 is 2.24 bits per heavy atom. The molecule has 0 aliphatic carbocycles. The van der Waals surface area contributed by atoms with E-state index < -0.39 is 28.7 Å². The topological polar surface area (TPSA) is 102 Å². The third kappa shape index (κ3) is 5.87. The van der Waals surface area contributed by atoms with Crippen LogP contribution in [-0.2, 0) is 6.18 Å². The molecule has 3 N–H and O–H groups in total. The highest BCUT2D eigenvalue weighted by atomic mass is 35.5. The highest BCUT2D eigenvalue weighted by Crippen LogP contribution is 2.36. The fourth-order valence-electron chi connectivity index (χ4n) is 2.84. The van der Waals surface area contributed by atoms with Crippen LogP contribution >= 0.6 is 11.6 Å². The van der Waals surface area contributed by atoms with E-state index in [2.05, 4.69) is 20.9 Å². The lowest BCUT2D eigenvalue weighted by molar-refractivity contribution is -0.137. The van der Waals surface area contributed by atoms with E-state index in [1.807, 2.05) is 0 Å². The summed E-state index contributed by atoms with van der Waals surface area (Å²) in [5.41, 5.74) is -0.465. The molecular formula is C22H18ClF3N4O4. The second-order valence-corrected chi connectivity index (χ2v) is 7.08. The molecule has 1 heterocycles. The molecule has 0 fully saturated rings. The van der Waals surface area contributed by atoms with Gasteiger partial charge in [0.25, 0.3) is 5.91 Å². The summed E-state index contributed by atoms with van der Waals surface area (Å²) in [7, 11) is 2.84. The Bertz CT molecular complexity index is 1200. The number of carbonyl (C=O) groups is 2. The number of aromatic nitrogens is 1. The van der Waals surface area contributed by atoms with Gasteiger partial charge in [0.15, 0.2) is 17.2 Å². The number of methoxy groups -OCH3 is 1. The van der Waals surface area contributed by atoms with E-state index in [0.717, 1.165) is 18.2 Å². The van der Waals surface area contributed by atoms with E-state index in [1.165, 1.54) is 26.4 Å². The first-order valence-electron chi connectivity index (χ1n) is 9.60. The molecule has 1 aromatic heterocycles. The summed E-state index contributed by atoms with van der Waals surface area (Å²) in [5.74, 6) is 0.349. The van der Waals surface area contributed by atoms with Crippen LogP contribution < -0.4 is 25.4 Å². The number of urea groups is 1. The molecular weight excluding hydrogens is 477 g/mol. The molecule has 0 bridgehead atoms. The third-order valence-corrected chi connectivity index (χ3v) is 4.70. The number of nitrogens with zero attached hydrogens (tertiary/aromatic N) is 1. The molecule has 8 nitrogen and oxygen atoms in total. The summed E-state index contributed by atoms with van der Waals surface area (Å²) in [6, 6.07) is 9.94. The van der Waals surface area contributed by atoms with Crippen molar-refractivity contribution in [1.82, 2.24) is 10.3 Å². The highest BCUT2D eigenvalue weighted by Gasteiger charge is 2.33. The van der Waals surface area contributed by atoms with E-state index in [-0.39, 0.29) is 22.9 Å². The van der Waals surface area contributed by atoms with Crippen LogP contribution in [0.2, 0.25) is 5.02 Å². The number of ether oxygens (including phenoxy) is 2. The summed E-state index contributed by atoms with van der Waals surface area (Å²) in [6.07, 6.45) is -3.19. The van der Waals surface area contributed by atoms with Gasteiger partial charge in [-0.2, -0.15) is 13.2 Å². The largest absolute Gasteiger partial charge is 0.491 e. The van der Waals surface area contributed by atoms with Crippen LogP contribution in [0.15, 0.2) is 54.7 Å². The van der Waals surface area contributed by atoms with Gasteiger partial charge in [-0.3, -0.25) is 4.79 Å². The first-order chi connectivity index (χ1) is 16.1. The summed E-state index contributed by atoms with van der Waals surface area (Å²) < 4.78 is 49.4. The molecule has 12 heteroatoms. The number of halogens is 4. The number of amides is 3. The van der Waals surface area contributed by atoms with Gasteiger partial charge in [-0.1, -0.05) is 11.6 Å². The minimum Gasteiger partial charge on any atom is -0.491 e. The minimum absolute atomic E-state index is 0.0563. The number of benzene rings is 2. The lowest BCUT2D eigenvalue weighted by Crippen LogP contribution is -2.20. The fraction of sp³-hybridized carbons (Fsp3) is 0.136. The number of carbonyl (C=O) groups excluding carboxylic acids is 2. The van der Waals surface area contributed by atoms with Crippen LogP contribution in [0.3, 0.4) is 0 Å². The maximum Gasteiger partial charge on any atom is 0.417 e. The van der Waals surface area contributed by atoms with E-state index in [1.54, 1.807) is 24.3 Å². The van der Waals surface area contributed by atoms with Gasteiger partial charge in [0, 0.05) is 30.7 Å². The zero-order valence-electron chi connectivity index (χ0n) is 17.8. The predicted octanol–water partition coefficient (Wildman–Crippen LogP) is 5.56. The van der Waals surface area contributed by atoms with Crippen molar-refractivity contribution in [2.24, 2.45) is 0 Å². The average molecular weight is 495 g/mol. The number of hydrogen-bond donors (Lipinski definition) is 3. The maximum absolute atomic E-state index is 12.8. The lowest BCUT2D eigenvalue weighted by atomic mass is 10.2. The van der Waals surface area contributed by atoms with E-state index in [4.69, 9.17) is 21.1 Å². The van der Waals surface area contributed by atoms with E-state index in [9.17, 15) is 22.8 Å². The Morgan fingerprint density at radius 2 is 1.65 bits per heavy atom. The molecule has 0 saturated heterocycles. The molecule has 3 aromatic rings. The number of alkyl halides is 3. The zero-order chi connectivity index (χ0) is 24.9. The van der Waals surface area contributed by atoms with Crippen LogP contribution in [0.4, 0.5) is 29.3 Å². The quantitative estimate of drug-likeness (QED) is 0.416. The molecule has 34 heavy (non-hydrogen) atoms. The van der Waals surface area contributed by atoms with Crippen molar-refractivity contribution in [3.63, 3.8) is 0 Å². The van der Waals surface area contributed by atoms with Crippen LogP contribution in [0, 0.1) is 0 Å². The number of rotatable bonds is 6. The molecule has 0 aliphatic rings. The Balaban J connectivity index is 1.66. The summed E-state index contributed by atoms with van der Waals surface area (Å²) in [6.45, 7) is 0. The molecule has 0 unspecified atom stereocenters. The normalized spacial score (nSPS) is 10.9. The van der Waals surface area contributed by atoms with Crippen LogP contribution in [0.25, 0.3) is 0 Å². The van der Waals surface area contributed by atoms with E-state index in [0.29, 0.717) is 11.4 Å². The van der Waals surface area contributed by atoms with Gasteiger partial charge >= 0.3 is 12.2 Å². The lowest BCUT2D eigenvalue weighted by Gasteiger charge is -2.13. The van der Waals surface area contributed by atoms with Crippen LogP contribution in [-0.4, -0.2) is 31.1 Å². The van der Waals surface area contributed by atoms with Crippen molar-refractivity contribution in [2.75, 3.05) is 24.8 Å². The molecule has 0 atom stereocenters. The second-order valence-electron chi connectivity index (χ2n) is 6.67. The monoisotopic (exact) mass is 494 g/mol. The van der Waals surface area contributed by atoms with Crippen LogP contribution in [0.1, 0.15) is 16.1 Å². The number of nitrogens with one attached hydrogen (secondary N) is 3. The smallest absolute Gasteiger partial charge is 0.417 e. The van der Waals surface area contributed by atoms with Crippen molar-refractivity contribution in [1.29, 1.82) is 0 Å². The average Bonchev–Trinajstić information content (AvgIpc) is 2.78. The molecule has 178 valence electrons. The van der Waals surface area contributed by atoms with Gasteiger partial charge in [-0.25, -0.2) is 9.78 Å². The molecule has 0 radical (unpaired) electrons. The predicted molar refractivity (Wildman–Crippen MR) is 120 cm³/mol. The van der Waals surface area contributed by atoms with Crippen LogP contribution in [0.5, 0.6) is 17.2 Å². The number of anilines is 2.